The van der Waals surface area contributed by atoms with Gasteiger partial charge in [0.1, 0.15) is 10.1 Å². The topological polar surface area (TPSA) is 93.9 Å². The highest BCUT2D eigenvalue weighted by Gasteiger charge is 2.38. The number of benzene rings is 1. The molecule has 0 aliphatic carbocycles. The summed E-state index contributed by atoms with van der Waals surface area (Å²) in [7, 11) is 7.65. The molecule has 0 radical (unpaired) electrons. The van der Waals surface area contributed by atoms with Crippen molar-refractivity contribution in [2.45, 2.75) is 25.1 Å². The minimum atomic E-state index is -0.547. The minimum Gasteiger partial charge on any atom is -0.477 e. The maximum absolute atomic E-state index is 6.14. The number of aliphatic imine (C=N–C) groups is 2. The number of anilines is 1. The highest BCUT2D eigenvalue weighted by Crippen LogP contribution is 2.49. The Morgan fingerprint density at radius 2 is 1.83 bits per heavy atom. The van der Waals surface area contributed by atoms with E-state index in [-0.39, 0.29) is 6.79 Å². The zero-order valence-electron chi connectivity index (χ0n) is 20.7. The van der Waals surface area contributed by atoms with Gasteiger partial charge >= 0.3 is 0 Å². The number of nitrogens with zero attached hydrogens (tertiary/aromatic N) is 6. The third-order valence-electron chi connectivity index (χ3n) is 5.52. The van der Waals surface area contributed by atoms with Gasteiger partial charge in [-0.25, -0.2) is 15.0 Å². The molecule has 3 aliphatic heterocycles. The number of rotatable bonds is 6. The maximum Gasteiger partial charge on any atom is 0.231 e. The van der Waals surface area contributed by atoms with Gasteiger partial charge in [0.05, 0.1) is 12.2 Å². The predicted octanol–water partition coefficient (Wildman–Crippen LogP) is 3.27. The molecule has 0 spiro atoms. The molecule has 0 N–H and O–H groups in total. The molecule has 0 bridgehead atoms. The van der Waals surface area contributed by atoms with E-state index in [1.54, 1.807) is 0 Å². The number of hydrogen-bond acceptors (Lipinski definition) is 11. The summed E-state index contributed by atoms with van der Waals surface area (Å²) in [5.41, 5.74) is 3.41. The van der Waals surface area contributed by atoms with Crippen molar-refractivity contribution in [3.63, 3.8) is 0 Å². The van der Waals surface area contributed by atoms with E-state index in [1.807, 2.05) is 70.0 Å². The summed E-state index contributed by atoms with van der Waals surface area (Å²) in [6.07, 6.45) is -0.547. The van der Waals surface area contributed by atoms with Gasteiger partial charge in [-0.1, -0.05) is 6.07 Å². The standard InChI is InChI=1S/C24H28N6O4S/c1-7-31-19-17-16(13-9-10-14-15(11-13)34-12-33-14)18-20(32-8-2)26-24(30(5)6)28-22(18)35-21(17)27-23(25-19)29(3)4/h9-11,19H,7-8,12H2,1-6H3. The Kier molecular flexibility index (Phi) is 6.28. The van der Waals surface area contributed by atoms with Crippen LogP contribution >= 0.6 is 11.8 Å². The van der Waals surface area contributed by atoms with Gasteiger partial charge in [0, 0.05) is 45.9 Å². The third kappa shape index (κ3) is 4.19. The lowest BCUT2D eigenvalue weighted by molar-refractivity contribution is 0.0975. The molecule has 35 heavy (non-hydrogen) atoms. The SMILES string of the molecule is CCOc1nc(N(C)C)nc2c1C(c1ccc3c(c1)OCO3)=C1C(=NC(N(C)C)=NC1OCC)S2. The summed E-state index contributed by atoms with van der Waals surface area (Å²) in [6.45, 7) is 5.05. The molecule has 4 heterocycles. The summed E-state index contributed by atoms with van der Waals surface area (Å²) in [5, 5.41) is 1.55. The Bertz CT molecular complexity index is 1260. The van der Waals surface area contributed by atoms with Crippen LogP contribution in [0.1, 0.15) is 25.0 Å². The van der Waals surface area contributed by atoms with Gasteiger partial charge in [-0.15, -0.1) is 0 Å². The molecule has 3 aliphatic rings. The van der Waals surface area contributed by atoms with Crippen molar-refractivity contribution in [3.05, 3.63) is 34.9 Å². The molecular weight excluding hydrogens is 468 g/mol. The van der Waals surface area contributed by atoms with Crippen LogP contribution < -0.4 is 19.1 Å². The van der Waals surface area contributed by atoms with Crippen LogP contribution in [0.4, 0.5) is 5.95 Å². The average molecular weight is 497 g/mol. The highest BCUT2D eigenvalue weighted by atomic mass is 32.2. The molecule has 1 aromatic heterocycles. The number of ether oxygens (including phenoxy) is 4. The molecule has 11 heteroatoms. The quantitative estimate of drug-likeness (QED) is 0.559. The van der Waals surface area contributed by atoms with Gasteiger partial charge in [0.15, 0.2) is 17.7 Å². The number of thioether (sulfide) groups is 1. The van der Waals surface area contributed by atoms with Crippen LogP contribution in [0, 0.1) is 0 Å². The number of hydrogen-bond donors (Lipinski definition) is 0. The third-order valence-corrected chi connectivity index (χ3v) is 6.52. The van der Waals surface area contributed by atoms with Gasteiger partial charge in [-0.05, 0) is 43.3 Å². The van der Waals surface area contributed by atoms with Crippen molar-refractivity contribution in [2.24, 2.45) is 9.98 Å². The van der Waals surface area contributed by atoms with Crippen LogP contribution in [-0.2, 0) is 4.74 Å². The molecule has 0 saturated carbocycles. The van der Waals surface area contributed by atoms with Crippen molar-refractivity contribution in [3.8, 4) is 17.4 Å². The number of fused-ring (bicyclic) bond motifs is 3. The zero-order valence-corrected chi connectivity index (χ0v) is 21.5. The van der Waals surface area contributed by atoms with Crippen molar-refractivity contribution < 1.29 is 18.9 Å². The fourth-order valence-electron chi connectivity index (χ4n) is 3.97. The molecule has 0 saturated heterocycles. The van der Waals surface area contributed by atoms with E-state index < -0.39 is 6.23 Å². The lowest BCUT2D eigenvalue weighted by atomic mass is 9.92. The fraction of sp³-hybridized carbons (Fsp3) is 0.417. The van der Waals surface area contributed by atoms with E-state index in [4.69, 9.17) is 38.9 Å². The number of aromatic nitrogens is 2. The summed E-state index contributed by atoms with van der Waals surface area (Å²) in [6, 6.07) is 5.87. The first-order valence-corrected chi connectivity index (χ1v) is 12.2. The van der Waals surface area contributed by atoms with E-state index in [0.717, 1.165) is 32.3 Å². The zero-order chi connectivity index (χ0) is 24.7. The molecule has 1 unspecified atom stereocenters. The molecule has 1 aromatic carbocycles. The fourth-order valence-corrected chi connectivity index (χ4v) is 5.02. The van der Waals surface area contributed by atoms with Crippen molar-refractivity contribution in [2.75, 3.05) is 53.1 Å². The predicted molar refractivity (Wildman–Crippen MR) is 136 cm³/mol. The van der Waals surface area contributed by atoms with Crippen LogP contribution in [0.25, 0.3) is 5.57 Å². The van der Waals surface area contributed by atoms with Gasteiger partial charge in [-0.2, -0.15) is 4.98 Å². The van der Waals surface area contributed by atoms with Gasteiger partial charge in [0.25, 0.3) is 0 Å². The van der Waals surface area contributed by atoms with Crippen molar-refractivity contribution in [1.82, 2.24) is 14.9 Å². The smallest absolute Gasteiger partial charge is 0.231 e. The van der Waals surface area contributed by atoms with Gasteiger partial charge in [0.2, 0.25) is 24.6 Å². The van der Waals surface area contributed by atoms with E-state index in [2.05, 4.69) is 0 Å². The first kappa shape index (κ1) is 23.4. The first-order chi connectivity index (χ1) is 16.9. The second-order valence-electron chi connectivity index (χ2n) is 8.34. The Labute approximate surface area is 208 Å². The molecule has 0 fully saturated rings. The lowest BCUT2D eigenvalue weighted by Crippen LogP contribution is -2.33. The minimum absolute atomic E-state index is 0.196. The summed E-state index contributed by atoms with van der Waals surface area (Å²) in [4.78, 5) is 23.0. The summed E-state index contributed by atoms with van der Waals surface area (Å²) < 4.78 is 23.4. The van der Waals surface area contributed by atoms with Gasteiger partial charge < -0.3 is 28.7 Å². The summed E-state index contributed by atoms with van der Waals surface area (Å²) >= 11 is 1.48. The molecule has 10 nitrogen and oxygen atoms in total. The Morgan fingerprint density at radius 3 is 2.54 bits per heavy atom. The largest absolute Gasteiger partial charge is 0.477 e. The molecular formula is C24H28N6O4S. The van der Waals surface area contributed by atoms with Crippen LogP contribution in [-0.4, -0.2) is 80.3 Å². The average Bonchev–Trinajstić information content (AvgIpc) is 3.30. The van der Waals surface area contributed by atoms with Crippen molar-refractivity contribution in [1.29, 1.82) is 0 Å². The normalized spacial score (nSPS) is 17.9. The van der Waals surface area contributed by atoms with E-state index in [9.17, 15) is 0 Å². The highest BCUT2D eigenvalue weighted by molar-refractivity contribution is 8.14. The molecule has 2 aromatic rings. The summed E-state index contributed by atoms with van der Waals surface area (Å²) in [5.74, 6) is 3.05. The molecule has 1 atom stereocenters. The van der Waals surface area contributed by atoms with Gasteiger partial charge in [-0.3, -0.25) is 0 Å². The van der Waals surface area contributed by atoms with Crippen LogP contribution in [0.5, 0.6) is 17.4 Å². The maximum atomic E-state index is 6.14. The second kappa shape index (κ2) is 9.38. The Hall–Kier alpha value is -3.31. The lowest BCUT2D eigenvalue weighted by Gasteiger charge is -2.32. The van der Waals surface area contributed by atoms with Crippen molar-refractivity contribution >= 4 is 34.3 Å². The van der Waals surface area contributed by atoms with E-state index in [1.165, 1.54) is 11.8 Å². The second-order valence-corrected chi connectivity index (χ2v) is 9.32. The van der Waals surface area contributed by atoms with E-state index in [0.29, 0.717) is 42.5 Å². The molecule has 184 valence electrons. The molecule has 5 rings (SSSR count). The Morgan fingerprint density at radius 1 is 1.03 bits per heavy atom. The first-order valence-electron chi connectivity index (χ1n) is 11.4. The van der Waals surface area contributed by atoms with Crippen LogP contribution in [0.2, 0.25) is 0 Å². The molecule has 0 amide bonds. The number of guanidine groups is 1. The Balaban J connectivity index is 1.82. The van der Waals surface area contributed by atoms with Crippen LogP contribution in [0.15, 0.2) is 38.8 Å². The monoisotopic (exact) mass is 496 g/mol. The van der Waals surface area contributed by atoms with Crippen LogP contribution in [0.3, 0.4) is 0 Å². The van der Waals surface area contributed by atoms with E-state index >= 15 is 0 Å².